The van der Waals surface area contributed by atoms with Crippen LogP contribution in [0.4, 0.5) is 0 Å². The Morgan fingerprint density at radius 2 is 1.13 bits per heavy atom. The highest BCUT2D eigenvalue weighted by molar-refractivity contribution is 7.49. The Bertz CT molecular complexity index is 1340. The van der Waals surface area contributed by atoms with E-state index in [1.54, 1.807) is 24.3 Å². The van der Waals surface area contributed by atoms with Gasteiger partial charge in [-0.3, -0.25) is 14.4 Å². The molecule has 0 unspecified atom stereocenters. The summed E-state index contributed by atoms with van der Waals surface area (Å²) in [6.07, 6.45) is 0. The fourth-order valence-corrected chi connectivity index (χ4v) is 6.41. The molecule has 30 heavy (non-hydrogen) atoms. The van der Waals surface area contributed by atoms with Crippen molar-refractivity contribution in [2.24, 2.45) is 0 Å². The predicted molar refractivity (Wildman–Crippen MR) is 126 cm³/mol. The number of benzene rings is 3. The molecule has 1 heterocycles. The molecule has 0 N–H and O–H groups in total. The average Bonchev–Trinajstić information content (AvgIpc) is 2.71. The van der Waals surface area contributed by atoms with Gasteiger partial charge >= 0.3 is 0 Å². The average molecular weight is 416 g/mol. The van der Waals surface area contributed by atoms with Gasteiger partial charge in [0.05, 0.1) is 10.8 Å². The molecule has 0 saturated heterocycles. The number of rotatable bonds is 3. The van der Waals surface area contributed by atoms with Gasteiger partial charge in [-0.25, -0.2) is 0 Å². The van der Waals surface area contributed by atoms with Crippen LogP contribution in [0.2, 0.25) is 0 Å². The first-order chi connectivity index (χ1) is 14.2. The molecular formula is C26H23O3S+. The van der Waals surface area contributed by atoms with Gasteiger partial charge in [0, 0.05) is 45.9 Å². The molecule has 0 saturated carbocycles. The standard InChI is InChI=1S/C26H23O3S/c1-14-10-21(11-15(2)16(14)3)30-24-12-19(17(4)27)6-8-22(24)26(29)23-9-7-20(18(5)28)13-25(23)30/h6-13H,1-5H3/q+1. The van der Waals surface area contributed by atoms with Crippen molar-refractivity contribution >= 4 is 42.2 Å². The number of fused-ring (bicyclic) bond motifs is 2. The summed E-state index contributed by atoms with van der Waals surface area (Å²) in [5.41, 5.74) is 4.72. The second-order valence-electron chi connectivity index (χ2n) is 7.85. The van der Waals surface area contributed by atoms with E-state index < -0.39 is 10.5 Å². The van der Waals surface area contributed by atoms with Gasteiger partial charge in [-0.2, -0.15) is 0 Å². The zero-order chi connectivity index (χ0) is 21.7. The monoisotopic (exact) mass is 415 g/mol. The molecule has 4 aromatic rings. The van der Waals surface area contributed by atoms with Crippen LogP contribution in [0.1, 0.15) is 51.3 Å². The zero-order valence-electron chi connectivity index (χ0n) is 17.8. The molecular weight excluding hydrogens is 392 g/mol. The van der Waals surface area contributed by atoms with Crippen LogP contribution in [0.15, 0.2) is 53.3 Å². The number of hydrogen-bond donors (Lipinski definition) is 0. The summed E-state index contributed by atoms with van der Waals surface area (Å²) in [7, 11) is -0.586. The lowest BCUT2D eigenvalue weighted by Crippen LogP contribution is -2.05. The summed E-state index contributed by atoms with van der Waals surface area (Å²) in [6, 6.07) is 15.0. The van der Waals surface area contributed by atoms with Crippen molar-refractivity contribution in [2.75, 3.05) is 0 Å². The van der Waals surface area contributed by atoms with Crippen molar-refractivity contribution in [3.63, 3.8) is 0 Å². The van der Waals surface area contributed by atoms with Gasteiger partial charge in [-0.1, -0.05) is 12.1 Å². The second-order valence-corrected chi connectivity index (χ2v) is 9.82. The maximum Gasteiger partial charge on any atom is 0.203 e. The van der Waals surface area contributed by atoms with Crippen LogP contribution in [0.25, 0.3) is 25.1 Å². The van der Waals surface area contributed by atoms with E-state index in [4.69, 9.17) is 0 Å². The molecule has 1 aromatic heterocycles. The molecule has 3 aromatic carbocycles. The normalized spacial score (nSPS) is 11.2. The van der Waals surface area contributed by atoms with E-state index in [0.717, 1.165) is 14.3 Å². The molecule has 3 nitrogen and oxygen atoms in total. The lowest BCUT2D eigenvalue weighted by Gasteiger charge is -2.09. The van der Waals surface area contributed by atoms with Crippen LogP contribution in [0, 0.1) is 20.8 Å². The molecule has 0 aliphatic heterocycles. The Balaban J connectivity index is 2.28. The highest BCUT2D eigenvalue weighted by atomic mass is 32.2. The van der Waals surface area contributed by atoms with Crippen molar-refractivity contribution in [1.82, 2.24) is 0 Å². The predicted octanol–water partition coefficient (Wildman–Crippen LogP) is 6.42. The third kappa shape index (κ3) is 3.17. The van der Waals surface area contributed by atoms with Crippen molar-refractivity contribution in [2.45, 2.75) is 34.6 Å². The van der Waals surface area contributed by atoms with E-state index in [1.807, 2.05) is 12.1 Å². The first kappa shape index (κ1) is 20.2. The number of Topliss-reactive ketones (excluding diaryl/α,β-unsaturated/α-hetero) is 2. The third-order valence-electron chi connectivity index (χ3n) is 5.84. The molecule has 0 amide bonds. The minimum Gasteiger partial charge on any atom is -0.295 e. The van der Waals surface area contributed by atoms with Gasteiger partial charge in [0.1, 0.15) is 0 Å². The Labute approximate surface area is 178 Å². The highest BCUT2D eigenvalue weighted by Crippen LogP contribution is 2.44. The lowest BCUT2D eigenvalue weighted by atomic mass is 10.1. The minimum absolute atomic E-state index is 0.0339. The van der Waals surface area contributed by atoms with Gasteiger partial charge in [0.2, 0.25) is 5.43 Å². The highest BCUT2D eigenvalue weighted by Gasteiger charge is 2.25. The Hall–Kier alpha value is -3.11. The molecule has 0 atom stereocenters. The molecule has 0 bridgehead atoms. The SMILES string of the molecule is CC(=O)c1ccc2c(=O)c3ccc(C(C)=O)cc3[s+](-c3cc(C)c(C)c(C)c3)c2c1. The van der Waals surface area contributed by atoms with Crippen LogP contribution < -0.4 is 5.43 Å². The first-order valence-corrected chi connectivity index (χ1v) is 11.1. The quantitative estimate of drug-likeness (QED) is 0.220. The number of carbonyl (C=O) groups is 2. The van der Waals surface area contributed by atoms with Crippen LogP contribution in [-0.4, -0.2) is 11.6 Å². The Morgan fingerprint density at radius 1 is 0.700 bits per heavy atom. The maximum atomic E-state index is 13.3. The van der Waals surface area contributed by atoms with Crippen molar-refractivity contribution < 1.29 is 9.59 Å². The van der Waals surface area contributed by atoms with Gasteiger partial charge in [0.15, 0.2) is 25.9 Å². The van der Waals surface area contributed by atoms with Crippen LogP contribution >= 0.6 is 10.5 Å². The van der Waals surface area contributed by atoms with Crippen LogP contribution in [-0.2, 0) is 0 Å². The van der Waals surface area contributed by atoms with Gasteiger partial charge in [-0.15, -0.1) is 0 Å². The third-order valence-corrected chi connectivity index (χ3v) is 8.10. The fraction of sp³-hybridized carbons (Fsp3) is 0.192. The Kier molecular flexibility index (Phi) is 4.91. The summed E-state index contributed by atoms with van der Waals surface area (Å²) < 4.78 is 1.70. The molecule has 0 aliphatic rings. The lowest BCUT2D eigenvalue weighted by molar-refractivity contribution is 0.100. The molecule has 4 rings (SSSR count). The minimum atomic E-state index is -0.586. The maximum absolute atomic E-state index is 13.3. The molecule has 4 heteroatoms. The number of ketones is 2. The largest absolute Gasteiger partial charge is 0.295 e. The van der Waals surface area contributed by atoms with Crippen molar-refractivity contribution in [1.29, 1.82) is 0 Å². The van der Waals surface area contributed by atoms with E-state index in [-0.39, 0.29) is 17.0 Å². The van der Waals surface area contributed by atoms with E-state index in [2.05, 4.69) is 32.9 Å². The summed E-state index contributed by atoms with van der Waals surface area (Å²) >= 11 is 0. The summed E-state index contributed by atoms with van der Waals surface area (Å²) in [5, 5.41) is 1.25. The van der Waals surface area contributed by atoms with Crippen LogP contribution in [0.3, 0.4) is 0 Å². The molecule has 0 fully saturated rings. The van der Waals surface area contributed by atoms with E-state index in [0.29, 0.717) is 21.9 Å². The van der Waals surface area contributed by atoms with E-state index >= 15 is 0 Å². The number of hydrogen-bond acceptors (Lipinski definition) is 3. The van der Waals surface area contributed by atoms with Crippen molar-refractivity contribution in [3.05, 3.63) is 86.6 Å². The van der Waals surface area contributed by atoms with Crippen molar-refractivity contribution in [3.8, 4) is 4.90 Å². The fourth-order valence-electron chi connectivity index (χ4n) is 3.83. The van der Waals surface area contributed by atoms with Gasteiger partial charge in [-0.05, 0) is 63.4 Å². The summed E-state index contributed by atoms with van der Waals surface area (Å²) in [6.45, 7) is 9.35. The van der Waals surface area contributed by atoms with Gasteiger partial charge < -0.3 is 0 Å². The van der Waals surface area contributed by atoms with Gasteiger partial charge in [0.25, 0.3) is 0 Å². The molecule has 0 radical (unpaired) electrons. The molecule has 0 aliphatic carbocycles. The molecule has 0 spiro atoms. The van der Waals surface area contributed by atoms with E-state index in [9.17, 15) is 14.4 Å². The molecule has 150 valence electrons. The van der Waals surface area contributed by atoms with Crippen LogP contribution in [0.5, 0.6) is 0 Å². The number of carbonyl (C=O) groups excluding carboxylic acids is 2. The van der Waals surface area contributed by atoms with E-state index in [1.165, 1.54) is 30.5 Å². The number of aryl methyl sites for hydroxylation is 2. The summed E-state index contributed by atoms with van der Waals surface area (Å²) in [4.78, 5) is 38.5. The summed E-state index contributed by atoms with van der Waals surface area (Å²) in [5.74, 6) is -0.0679. The second kappa shape index (κ2) is 7.29. The Morgan fingerprint density at radius 3 is 1.53 bits per heavy atom. The first-order valence-electron chi connectivity index (χ1n) is 9.86. The zero-order valence-corrected chi connectivity index (χ0v) is 18.6. The topological polar surface area (TPSA) is 51.2 Å². The smallest absolute Gasteiger partial charge is 0.203 e.